The molecule has 2 rings (SSSR count). The van der Waals surface area contributed by atoms with Gasteiger partial charge >= 0.3 is 5.69 Å². The third-order valence-electron chi connectivity index (χ3n) is 3.29. The van der Waals surface area contributed by atoms with Gasteiger partial charge in [0.2, 0.25) is 0 Å². The normalized spacial score (nSPS) is 28.5. The second-order valence-corrected chi connectivity index (χ2v) is 4.69. The molecule has 3 unspecified atom stereocenters. The van der Waals surface area contributed by atoms with Crippen molar-refractivity contribution >= 4 is 5.82 Å². The maximum absolute atomic E-state index is 13.5. The second kappa shape index (κ2) is 8.16. The van der Waals surface area contributed by atoms with Crippen molar-refractivity contribution in [1.29, 1.82) is 0 Å². The Morgan fingerprint density at radius 1 is 1.54 bits per heavy atom. The average molecular weight is 346 g/mol. The van der Waals surface area contributed by atoms with Crippen molar-refractivity contribution in [2.45, 2.75) is 37.8 Å². The number of nitrogens with two attached hydrogens (primary N) is 2. The fourth-order valence-electron chi connectivity index (χ4n) is 2.19. The van der Waals surface area contributed by atoms with Gasteiger partial charge in [-0.3, -0.25) is 4.57 Å². The highest BCUT2D eigenvalue weighted by Crippen LogP contribution is 2.35. The summed E-state index contributed by atoms with van der Waals surface area (Å²) in [5.74, 6) is 2.67. The summed E-state index contributed by atoms with van der Waals surface area (Å²) in [5.41, 5.74) is 8.17. The van der Waals surface area contributed by atoms with Crippen LogP contribution in [0.3, 0.4) is 0 Å². The lowest BCUT2D eigenvalue weighted by atomic mass is 9.91. The molecule has 1 aliphatic rings. The molecule has 1 saturated heterocycles. The maximum Gasteiger partial charge on any atom is 0.351 e. The summed E-state index contributed by atoms with van der Waals surface area (Å²) in [6, 6.07) is 0. The van der Waals surface area contributed by atoms with E-state index in [2.05, 4.69) is 10.9 Å². The molecule has 0 amide bonds. The molecule has 2 heterocycles. The number of hydrogen-bond donors (Lipinski definition) is 4. The first kappa shape index (κ1) is 20.0. The molecule has 0 aliphatic carbocycles. The number of alkyl halides is 1. The highest BCUT2D eigenvalue weighted by molar-refractivity contribution is 5.29. The van der Waals surface area contributed by atoms with Crippen LogP contribution >= 0.6 is 0 Å². The molecule has 134 valence electrons. The minimum Gasteiger partial charge on any atom is -0.394 e. The largest absolute Gasteiger partial charge is 0.394 e. The Balaban J connectivity index is 0.00000139. The van der Waals surface area contributed by atoms with Gasteiger partial charge in [-0.15, -0.1) is 0 Å². The zero-order valence-corrected chi connectivity index (χ0v) is 13.2. The highest BCUT2D eigenvalue weighted by atomic mass is 19.1. The van der Waals surface area contributed by atoms with E-state index in [-0.39, 0.29) is 0 Å². The average Bonchev–Trinajstić information content (AvgIpc) is 2.83. The zero-order valence-electron chi connectivity index (χ0n) is 13.2. The van der Waals surface area contributed by atoms with Crippen molar-refractivity contribution < 1.29 is 23.7 Å². The molecule has 0 bridgehead atoms. The van der Waals surface area contributed by atoms with Gasteiger partial charge in [0.05, 0.1) is 12.8 Å². The van der Waals surface area contributed by atoms with Crippen molar-refractivity contribution in [3.63, 3.8) is 0 Å². The lowest BCUT2D eigenvalue weighted by Gasteiger charge is -2.27. The molecule has 24 heavy (non-hydrogen) atoms. The van der Waals surface area contributed by atoms with Crippen molar-refractivity contribution in [2.75, 3.05) is 19.0 Å². The van der Waals surface area contributed by atoms with Crippen LogP contribution in [-0.4, -0.2) is 50.8 Å². The smallest absolute Gasteiger partial charge is 0.351 e. The van der Waals surface area contributed by atoms with Crippen LogP contribution in [-0.2, 0) is 4.74 Å². The molecule has 10 heteroatoms. The Hall–Kier alpha value is -2.06. The van der Waals surface area contributed by atoms with Gasteiger partial charge in [0, 0.05) is 0 Å². The van der Waals surface area contributed by atoms with Crippen LogP contribution < -0.4 is 17.2 Å². The molecule has 0 saturated carbocycles. The van der Waals surface area contributed by atoms with Crippen LogP contribution in [0.2, 0.25) is 0 Å². The molecule has 1 aromatic heterocycles. The van der Waals surface area contributed by atoms with Crippen molar-refractivity contribution in [3.05, 3.63) is 22.5 Å². The van der Waals surface area contributed by atoms with E-state index < -0.39 is 54.6 Å². The SMILES string of the molecule is CC.Nc1nc(=O)n(C2OC(CO)[C@H](O)C2(N)C#CCF)cc1F. The fraction of sp³-hybridized carbons (Fsp3) is 0.571. The predicted octanol–water partition coefficient (Wildman–Crippen LogP) is -1.09. The van der Waals surface area contributed by atoms with Gasteiger partial charge in [0.25, 0.3) is 0 Å². The van der Waals surface area contributed by atoms with E-state index in [1.165, 1.54) is 0 Å². The van der Waals surface area contributed by atoms with Crippen LogP contribution in [0.5, 0.6) is 0 Å². The highest BCUT2D eigenvalue weighted by Gasteiger charge is 2.54. The first-order chi connectivity index (χ1) is 11.3. The molecule has 0 spiro atoms. The van der Waals surface area contributed by atoms with Crippen LogP contribution in [0.25, 0.3) is 0 Å². The lowest BCUT2D eigenvalue weighted by Crippen LogP contribution is -2.55. The Morgan fingerprint density at radius 3 is 2.71 bits per heavy atom. The van der Waals surface area contributed by atoms with Crippen LogP contribution in [0.15, 0.2) is 11.0 Å². The Morgan fingerprint density at radius 2 is 2.17 bits per heavy atom. The number of aliphatic hydroxyl groups is 2. The minimum atomic E-state index is -1.94. The third kappa shape index (κ3) is 3.54. The number of aliphatic hydroxyl groups excluding tert-OH is 2. The van der Waals surface area contributed by atoms with E-state index in [1.54, 1.807) is 0 Å². The number of nitrogens with zero attached hydrogens (tertiary/aromatic N) is 2. The van der Waals surface area contributed by atoms with Gasteiger partial charge in [0.15, 0.2) is 23.4 Å². The van der Waals surface area contributed by atoms with Gasteiger partial charge in [-0.05, 0) is 0 Å². The molecule has 4 atom stereocenters. The van der Waals surface area contributed by atoms with Gasteiger partial charge in [-0.1, -0.05) is 25.7 Å². The Kier molecular flexibility index (Phi) is 6.80. The summed E-state index contributed by atoms with van der Waals surface area (Å²) in [5, 5.41) is 19.3. The number of nitrogen functional groups attached to an aromatic ring is 1. The molecule has 1 aromatic rings. The number of anilines is 1. The first-order valence-electron chi connectivity index (χ1n) is 7.18. The van der Waals surface area contributed by atoms with Crippen molar-refractivity contribution in [2.24, 2.45) is 5.73 Å². The summed E-state index contributed by atoms with van der Waals surface area (Å²) in [7, 11) is 0. The molecule has 1 fully saturated rings. The van der Waals surface area contributed by atoms with E-state index in [1.807, 2.05) is 19.8 Å². The number of rotatable bonds is 2. The Labute approximate surface area is 137 Å². The predicted molar refractivity (Wildman–Crippen MR) is 81.9 cm³/mol. The van der Waals surface area contributed by atoms with E-state index in [0.29, 0.717) is 10.8 Å². The molecule has 1 aliphatic heterocycles. The summed E-state index contributed by atoms with van der Waals surface area (Å²) >= 11 is 0. The van der Waals surface area contributed by atoms with Crippen LogP contribution in [0.4, 0.5) is 14.6 Å². The maximum atomic E-state index is 13.5. The van der Waals surface area contributed by atoms with Gasteiger partial charge in [-0.25, -0.2) is 13.6 Å². The molecular weight excluding hydrogens is 326 g/mol. The topological polar surface area (TPSA) is 137 Å². The number of ether oxygens (including phenoxy) is 1. The number of halogens is 2. The summed E-state index contributed by atoms with van der Waals surface area (Å²) < 4.78 is 31.7. The minimum absolute atomic E-state index is 0.615. The second-order valence-electron chi connectivity index (χ2n) is 4.69. The van der Waals surface area contributed by atoms with Gasteiger partial charge in [0.1, 0.15) is 18.9 Å². The van der Waals surface area contributed by atoms with Crippen LogP contribution in [0.1, 0.15) is 20.1 Å². The molecule has 8 nitrogen and oxygen atoms in total. The van der Waals surface area contributed by atoms with Gasteiger partial charge in [-0.2, -0.15) is 4.98 Å². The van der Waals surface area contributed by atoms with E-state index in [9.17, 15) is 18.7 Å². The number of hydrogen-bond acceptors (Lipinski definition) is 7. The van der Waals surface area contributed by atoms with Crippen LogP contribution in [0, 0.1) is 17.7 Å². The third-order valence-corrected chi connectivity index (χ3v) is 3.29. The lowest BCUT2D eigenvalue weighted by molar-refractivity contribution is -0.0479. The quantitative estimate of drug-likeness (QED) is 0.500. The Bertz CT molecular complexity index is 688. The summed E-state index contributed by atoms with van der Waals surface area (Å²) in [6.45, 7) is 2.32. The monoisotopic (exact) mass is 346 g/mol. The summed E-state index contributed by atoms with van der Waals surface area (Å²) in [6.07, 6.45) is -3.50. The fourth-order valence-corrected chi connectivity index (χ4v) is 2.19. The first-order valence-corrected chi connectivity index (χ1v) is 7.18. The van der Waals surface area contributed by atoms with Gasteiger partial charge < -0.3 is 26.4 Å². The molecule has 6 N–H and O–H groups in total. The standard InChI is InChI=1S/C12H14F2N4O4.C2H6/c13-3-1-2-12(16)8(20)7(5-19)22-10(12)18-4-6(14)9(15)17-11(18)21;1-2/h4,7-8,10,19-20H,3,5,16H2,(H2,15,17,21);1-2H3/t7?,8-,10?,12?;/m0./s1. The van der Waals surface area contributed by atoms with Crippen molar-refractivity contribution in [3.8, 4) is 11.8 Å². The van der Waals surface area contributed by atoms with E-state index in [0.717, 1.165) is 0 Å². The van der Waals surface area contributed by atoms with E-state index in [4.69, 9.17) is 21.3 Å². The van der Waals surface area contributed by atoms with E-state index >= 15 is 0 Å². The number of aromatic nitrogens is 2. The molecular formula is C14H20F2N4O4. The van der Waals surface area contributed by atoms with Crippen molar-refractivity contribution in [1.82, 2.24) is 9.55 Å². The zero-order chi connectivity index (χ0) is 18.5. The molecule has 0 aromatic carbocycles. The molecule has 0 radical (unpaired) electrons. The summed E-state index contributed by atoms with van der Waals surface area (Å²) in [4.78, 5) is 15.1.